The number of ether oxygens (including phenoxy) is 1. The van der Waals surface area contributed by atoms with E-state index in [0.717, 1.165) is 11.3 Å². The predicted octanol–water partition coefficient (Wildman–Crippen LogP) is 2.43. The predicted molar refractivity (Wildman–Crippen MR) is 64.8 cm³/mol. The average Bonchev–Trinajstić information content (AvgIpc) is 2.54. The molecular weight excluding hydrogens is 260 g/mol. The molecule has 100 valence electrons. The summed E-state index contributed by atoms with van der Waals surface area (Å²) in [6.45, 7) is 6.65. The van der Waals surface area contributed by atoms with Gasteiger partial charge < -0.3 is 14.7 Å². The first-order chi connectivity index (χ1) is 8.19. The largest absolute Gasteiger partial charge is 0.533 e. The zero-order chi connectivity index (χ0) is 13.9. The van der Waals surface area contributed by atoms with Crippen molar-refractivity contribution in [2.24, 2.45) is 0 Å². The van der Waals surface area contributed by atoms with Crippen LogP contribution in [0.5, 0.6) is 0 Å². The first-order valence-electron chi connectivity index (χ1n) is 5.05. The van der Waals surface area contributed by atoms with Gasteiger partial charge in [-0.3, -0.25) is 0 Å². The van der Waals surface area contributed by atoms with Crippen LogP contribution in [-0.2, 0) is 9.57 Å². The lowest BCUT2D eigenvalue weighted by atomic mass is 10.2. The summed E-state index contributed by atoms with van der Waals surface area (Å²) < 4.78 is 4.88. The van der Waals surface area contributed by atoms with Crippen LogP contribution in [0.3, 0.4) is 0 Å². The zero-order valence-electron chi connectivity index (χ0n) is 10.4. The minimum atomic E-state index is -1.07. The summed E-state index contributed by atoms with van der Waals surface area (Å²) in [6.07, 6.45) is -0.910. The monoisotopic (exact) mass is 274 g/mol. The fourth-order valence-electron chi connectivity index (χ4n) is 0.995. The van der Waals surface area contributed by atoms with E-state index >= 15 is 0 Å². The molecular formula is C10H14N2O5S. The second-order valence-corrected chi connectivity index (χ2v) is 5.41. The van der Waals surface area contributed by atoms with E-state index in [4.69, 9.17) is 9.84 Å². The number of carbonyl (C=O) groups is 2. The van der Waals surface area contributed by atoms with E-state index in [2.05, 4.69) is 15.3 Å². The first kappa shape index (κ1) is 14.2. The molecule has 0 atom stereocenters. The molecule has 1 aromatic rings. The van der Waals surface area contributed by atoms with Gasteiger partial charge in [-0.05, 0) is 27.7 Å². The number of aromatic carboxylic acids is 1. The smallest absolute Gasteiger partial charge is 0.477 e. The Kier molecular flexibility index (Phi) is 4.12. The van der Waals surface area contributed by atoms with Gasteiger partial charge in [0.05, 0.1) is 5.69 Å². The van der Waals surface area contributed by atoms with Gasteiger partial charge in [-0.2, -0.15) is 5.48 Å². The van der Waals surface area contributed by atoms with Crippen LogP contribution in [-0.4, -0.2) is 27.8 Å². The fourth-order valence-corrected chi connectivity index (χ4v) is 1.73. The van der Waals surface area contributed by atoms with Gasteiger partial charge in [0.2, 0.25) is 5.13 Å². The molecule has 0 aliphatic heterocycles. The lowest BCUT2D eigenvalue weighted by molar-refractivity contribution is 0.00296. The number of hydrogen-bond donors (Lipinski definition) is 2. The van der Waals surface area contributed by atoms with Crippen molar-refractivity contribution < 1.29 is 24.3 Å². The molecule has 0 amide bonds. The second-order valence-electron chi connectivity index (χ2n) is 4.41. The number of carbonyl (C=O) groups excluding carboxylic acids is 1. The van der Waals surface area contributed by atoms with E-state index in [9.17, 15) is 9.59 Å². The molecule has 1 heterocycles. The van der Waals surface area contributed by atoms with Crippen molar-refractivity contribution in [1.82, 2.24) is 4.98 Å². The maximum atomic E-state index is 11.2. The average molecular weight is 274 g/mol. The Balaban J connectivity index is 2.57. The standard InChI is InChI=1S/C10H14N2O5S/c1-5-6(7(13)14)18-8(11-5)12-17-9(15)16-10(2,3)4/h1-4H3,(H,11,12)(H,13,14). The number of nitrogens with one attached hydrogen (secondary N) is 1. The Labute approximate surface area is 108 Å². The lowest BCUT2D eigenvalue weighted by Gasteiger charge is -2.18. The highest BCUT2D eigenvalue weighted by molar-refractivity contribution is 7.17. The third-order valence-electron chi connectivity index (χ3n) is 1.60. The van der Waals surface area contributed by atoms with Crippen molar-refractivity contribution in [1.29, 1.82) is 0 Å². The van der Waals surface area contributed by atoms with Gasteiger partial charge >= 0.3 is 12.1 Å². The molecule has 18 heavy (non-hydrogen) atoms. The summed E-state index contributed by atoms with van der Waals surface area (Å²) in [6, 6.07) is 0. The number of aromatic nitrogens is 1. The summed E-state index contributed by atoms with van der Waals surface area (Å²) in [5.41, 5.74) is 1.94. The molecule has 0 saturated carbocycles. The third-order valence-corrected chi connectivity index (χ3v) is 2.64. The lowest BCUT2D eigenvalue weighted by Crippen LogP contribution is -2.25. The minimum absolute atomic E-state index is 0.0882. The highest BCUT2D eigenvalue weighted by Crippen LogP contribution is 2.22. The Morgan fingerprint density at radius 2 is 2.00 bits per heavy atom. The van der Waals surface area contributed by atoms with Gasteiger partial charge in [-0.15, -0.1) is 0 Å². The topological polar surface area (TPSA) is 97.8 Å². The SMILES string of the molecule is Cc1nc(NOC(=O)OC(C)(C)C)sc1C(=O)O. The van der Waals surface area contributed by atoms with E-state index in [1.807, 2.05) is 0 Å². The quantitative estimate of drug-likeness (QED) is 0.645. The van der Waals surface area contributed by atoms with Crippen molar-refractivity contribution in [2.75, 3.05) is 5.48 Å². The summed E-state index contributed by atoms with van der Waals surface area (Å²) in [7, 11) is 0. The van der Waals surface area contributed by atoms with Crippen LogP contribution in [0.15, 0.2) is 0 Å². The van der Waals surface area contributed by atoms with Crippen LogP contribution >= 0.6 is 11.3 Å². The molecule has 0 aliphatic rings. The summed E-state index contributed by atoms with van der Waals surface area (Å²) in [5.74, 6) is -1.07. The van der Waals surface area contributed by atoms with E-state index in [1.54, 1.807) is 27.7 Å². The Morgan fingerprint density at radius 1 is 1.39 bits per heavy atom. The number of nitrogens with zero attached hydrogens (tertiary/aromatic N) is 1. The number of hydrogen-bond acceptors (Lipinski definition) is 7. The van der Waals surface area contributed by atoms with Crippen LogP contribution in [0.25, 0.3) is 0 Å². The van der Waals surface area contributed by atoms with Crippen LogP contribution < -0.4 is 5.48 Å². The minimum Gasteiger partial charge on any atom is -0.477 e. The maximum absolute atomic E-state index is 11.2. The Morgan fingerprint density at radius 3 is 2.44 bits per heavy atom. The van der Waals surface area contributed by atoms with Gasteiger partial charge in [-0.1, -0.05) is 11.3 Å². The van der Waals surface area contributed by atoms with Gasteiger partial charge in [0, 0.05) is 0 Å². The summed E-state index contributed by atoms with van der Waals surface area (Å²) >= 11 is 0.873. The highest BCUT2D eigenvalue weighted by Gasteiger charge is 2.19. The molecule has 0 aliphatic carbocycles. The summed E-state index contributed by atoms with van der Waals surface area (Å²) in [5, 5.41) is 9.00. The van der Waals surface area contributed by atoms with E-state index < -0.39 is 17.7 Å². The summed E-state index contributed by atoms with van der Waals surface area (Å²) in [4.78, 5) is 30.6. The molecule has 1 aromatic heterocycles. The van der Waals surface area contributed by atoms with Gasteiger partial charge in [0.25, 0.3) is 0 Å². The van der Waals surface area contributed by atoms with Crippen molar-refractivity contribution in [3.05, 3.63) is 10.6 Å². The van der Waals surface area contributed by atoms with E-state index in [-0.39, 0.29) is 10.0 Å². The first-order valence-corrected chi connectivity index (χ1v) is 5.87. The number of carboxylic acids is 1. The highest BCUT2D eigenvalue weighted by atomic mass is 32.1. The number of anilines is 1. The fraction of sp³-hybridized carbons (Fsp3) is 0.500. The van der Waals surface area contributed by atoms with Crippen LogP contribution in [0, 0.1) is 6.92 Å². The van der Waals surface area contributed by atoms with Crippen molar-refractivity contribution in [3.8, 4) is 0 Å². The molecule has 0 saturated heterocycles. The third kappa shape index (κ3) is 4.21. The van der Waals surface area contributed by atoms with Crippen LogP contribution in [0.1, 0.15) is 36.1 Å². The van der Waals surface area contributed by atoms with Crippen LogP contribution in [0.4, 0.5) is 9.93 Å². The second kappa shape index (κ2) is 5.21. The van der Waals surface area contributed by atoms with E-state index in [0.29, 0.717) is 5.69 Å². The number of rotatable bonds is 3. The van der Waals surface area contributed by atoms with Crippen molar-refractivity contribution in [2.45, 2.75) is 33.3 Å². The van der Waals surface area contributed by atoms with Crippen LogP contribution in [0.2, 0.25) is 0 Å². The van der Waals surface area contributed by atoms with Gasteiger partial charge in [0.15, 0.2) is 0 Å². The molecule has 0 aromatic carbocycles. The molecule has 1 rings (SSSR count). The number of thiazole rings is 1. The molecule has 0 bridgehead atoms. The number of carboxylic acid groups (broad SMARTS) is 1. The molecule has 7 nitrogen and oxygen atoms in total. The molecule has 2 N–H and O–H groups in total. The molecule has 0 radical (unpaired) electrons. The van der Waals surface area contributed by atoms with Gasteiger partial charge in [-0.25, -0.2) is 14.6 Å². The number of aryl methyl sites for hydroxylation is 1. The van der Waals surface area contributed by atoms with Gasteiger partial charge in [0.1, 0.15) is 10.5 Å². The zero-order valence-corrected chi connectivity index (χ0v) is 11.3. The van der Waals surface area contributed by atoms with Crippen molar-refractivity contribution >= 4 is 28.6 Å². The van der Waals surface area contributed by atoms with E-state index in [1.165, 1.54) is 0 Å². The molecule has 0 fully saturated rings. The molecule has 0 spiro atoms. The molecule has 0 unspecified atom stereocenters. The Bertz CT molecular complexity index is 463. The van der Waals surface area contributed by atoms with Crippen molar-refractivity contribution in [3.63, 3.8) is 0 Å². The molecule has 8 heteroatoms. The Hall–Kier alpha value is -1.83. The maximum Gasteiger partial charge on any atom is 0.533 e. The normalized spacial score (nSPS) is 10.9.